The third-order valence-corrected chi connectivity index (χ3v) is 10.2. The van der Waals surface area contributed by atoms with Crippen LogP contribution in [0.4, 0.5) is 4.39 Å². The van der Waals surface area contributed by atoms with Gasteiger partial charge in [-0.1, -0.05) is 25.5 Å². The van der Waals surface area contributed by atoms with Crippen molar-refractivity contribution in [1.82, 2.24) is 5.32 Å². The number of nitrogens with one attached hydrogen (secondary N) is 1. The third kappa shape index (κ3) is 4.86. The molecule has 3 saturated carbocycles. The molecule has 0 radical (unpaired) electrons. The summed E-state index contributed by atoms with van der Waals surface area (Å²) in [7, 11) is 0. The maximum Gasteiger partial charge on any atom is 0.325 e. The Morgan fingerprint density at radius 3 is 2.66 bits per heavy atom. The molecule has 0 aliphatic heterocycles. The molecule has 4 rings (SSSR count). The molecule has 4 aliphatic rings. The summed E-state index contributed by atoms with van der Waals surface area (Å²) < 4.78 is 22.3. The van der Waals surface area contributed by atoms with Gasteiger partial charge in [-0.05, 0) is 63.0 Å². The number of Topliss-reactive ketones (excluding diaryl/α,β-unsaturated/α-hetero) is 1. The molecule has 8 atom stereocenters. The van der Waals surface area contributed by atoms with E-state index in [9.17, 15) is 39.5 Å². The lowest BCUT2D eigenvalue weighted by molar-refractivity contribution is -0.757. The predicted octanol–water partition coefficient (Wildman–Crippen LogP) is 1.55. The van der Waals surface area contributed by atoms with E-state index >= 15 is 4.39 Å². The van der Waals surface area contributed by atoms with Gasteiger partial charge in [-0.25, -0.2) is 4.39 Å². The number of ether oxygens (including phenoxy) is 1. The van der Waals surface area contributed by atoms with E-state index in [1.807, 2.05) is 0 Å². The summed E-state index contributed by atoms with van der Waals surface area (Å²) in [6.45, 7) is 3.46. The Morgan fingerprint density at radius 1 is 1.27 bits per heavy atom. The SMILES string of the molecule is C[C@@H]1CC2C3CCC4=CC(=O)C=C[C@]4(C)[C@@]3(F)[C@@H](O)C[C@]2(C)[C@@]1(O)C(=O)COC(=O)CNC(=O)CCCO[N+](=O)[O-]. The van der Waals surface area contributed by atoms with Gasteiger partial charge >= 0.3 is 5.97 Å². The number of fused-ring (bicyclic) bond motifs is 5. The highest BCUT2D eigenvalue weighted by atomic mass is 19.1. The average Bonchev–Trinajstić information content (AvgIpc) is 3.11. The Kier molecular flexibility index (Phi) is 8.18. The first-order valence-corrected chi connectivity index (χ1v) is 13.9. The van der Waals surface area contributed by atoms with Crippen LogP contribution >= 0.6 is 0 Å². The second kappa shape index (κ2) is 10.9. The Morgan fingerprint density at radius 2 is 1.98 bits per heavy atom. The van der Waals surface area contributed by atoms with Crippen LogP contribution in [-0.4, -0.2) is 75.9 Å². The number of hydrogen-bond acceptors (Lipinski definition) is 10. The van der Waals surface area contributed by atoms with E-state index < -0.39 is 81.9 Å². The number of alkyl halides is 1. The number of aliphatic hydroxyl groups is 2. The van der Waals surface area contributed by atoms with Gasteiger partial charge in [-0.15, -0.1) is 10.1 Å². The molecule has 0 aromatic carbocycles. The van der Waals surface area contributed by atoms with Gasteiger partial charge in [0.2, 0.25) is 11.7 Å². The van der Waals surface area contributed by atoms with Crippen LogP contribution in [0.3, 0.4) is 0 Å². The molecule has 12 nitrogen and oxygen atoms in total. The fourth-order valence-electron chi connectivity index (χ4n) is 8.08. The summed E-state index contributed by atoms with van der Waals surface area (Å²) in [5.41, 5.74) is -5.88. The van der Waals surface area contributed by atoms with Crippen molar-refractivity contribution in [2.75, 3.05) is 19.8 Å². The van der Waals surface area contributed by atoms with Gasteiger partial charge < -0.3 is 25.1 Å². The van der Waals surface area contributed by atoms with Crippen molar-refractivity contribution in [2.24, 2.45) is 28.6 Å². The monoisotopic (exact) mass is 580 g/mol. The Bertz CT molecular complexity index is 1200. The fourth-order valence-corrected chi connectivity index (χ4v) is 8.08. The number of hydrogen-bond donors (Lipinski definition) is 3. The van der Waals surface area contributed by atoms with Crippen LogP contribution in [0.25, 0.3) is 0 Å². The summed E-state index contributed by atoms with van der Waals surface area (Å²) in [5.74, 6) is -4.24. The average molecular weight is 581 g/mol. The van der Waals surface area contributed by atoms with E-state index in [-0.39, 0.29) is 31.7 Å². The topological polar surface area (TPSA) is 182 Å². The molecule has 0 heterocycles. The highest BCUT2D eigenvalue weighted by Gasteiger charge is 2.75. The number of rotatable bonds is 10. The zero-order valence-corrected chi connectivity index (χ0v) is 23.4. The molecule has 226 valence electrons. The van der Waals surface area contributed by atoms with Gasteiger partial charge in [0, 0.05) is 23.2 Å². The molecule has 4 aliphatic carbocycles. The molecule has 3 fully saturated rings. The first-order chi connectivity index (χ1) is 19.1. The lowest BCUT2D eigenvalue weighted by Gasteiger charge is -2.62. The minimum Gasteiger partial charge on any atom is -0.456 e. The van der Waals surface area contributed by atoms with Crippen molar-refractivity contribution in [2.45, 2.75) is 76.7 Å². The maximum atomic E-state index is 17.2. The van der Waals surface area contributed by atoms with Gasteiger partial charge in [0.05, 0.1) is 12.7 Å². The van der Waals surface area contributed by atoms with Crippen LogP contribution in [0.1, 0.15) is 59.3 Å². The first kappa shape index (κ1) is 30.8. The van der Waals surface area contributed by atoms with Gasteiger partial charge in [0.1, 0.15) is 12.1 Å². The van der Waals surface area contributed by atoms with Crippen molar-refractivity contribution < 1.29 is 48.4 Å². The van der Waals surface area contributed by atoms with Gasteiger partial charge in [0.25, 0.3) is 5.09 Å². The van der Waals surface area contributed by atoms with Crippen LogP contribution in [0, 0.1) is 38.7 Å². The van der Waals surface area contributed by atoms with E-state index in [0.29, 0.717) is 24.8 Å². The van der Waals surface area contributed by atoms with E-state index in [4.69, 9.17) is 4.74 Å². The van der Waals surface area contributed by atoms with E-state index in [1.165, 1.54) is 18.2 Å². The zero-order chi connectivity index (χ0) is 30.4. The smallest absolute Gasteiger partial charge is 0.325 e. The predicted molar refractivity (Wildman–Crippen MR) is 139 cm³/mol. The molecule has 0 bridgehead atoms. The summed E-state index contributed by atoms with van der Waals surface area (Å²) in [6.07, 6.45) is 3.63. The second-order valence-corrected chi connectivity index (χ2v) is 12.2. The van der Waals surface area contributed by atoms with E-state index in [1.54, 1.807) is 20.8 Å². The van der Waals surface area contributed by atoms with Crippen LogP contribution in [0.15, 0.2) is 23.8 Å². The third-order valence-electron chi connectivity index (χ3n) is 10.2. The second-order valence-electron chi connectivity index (χ2n) is 12.2. The molecule has 0 spiro atoms. The number of aliphatic hydroxyl groups excluding tert-OH is 1. The number of carbonyl (C=O) groups is 4. The standard InChI is InChI=1S/C28H37FN2O10/c1-16-11-20-19-7-6-17-12-18(32)8-9-25(17,2)27(19,29)21(33)13-26(20,3)28(16,37)22(34)15-40-24(36)14-30-23(35)5-4-10-41-31(38)39/h8-9,12,16,19-21,33,37H,4-7,10-11,13-15H2,1-3H3,(H,30,35)/t16-,19?,20?,21+,25+,26+,27+,28+/m1/s1. The molecule has 1 amide bonds. The summed E-state index contributed by atoms with van der Waals surface area (Å²) in [5, 5.41) is 34.7. The Hall–Kier alpha value is -3.19. The maximum absolute atomic E-state index is 17.2. The number of amides is 1. The number of nitrogens with zero attached hydrogens (tertiary/aromatic N) is 1. The fraction of sp³-hybridized carbons (Fsp3) is 0.714. The number of esters is 1. The molecule has 3 N–H and O–H groups in total. The van der Waals surface area contributed by atoms with Gasteiger partial charge in [-0.3, -0.25) is 19.2 Å². The number of allylic oxidation sites excluding steroid dienone is 4. The van der Waals surface area contributed by atoms with E-state index in [2.05, 4.69) is 10.2 Å². The molecule has 0 aromatic heterocycles. The van der Waals surface area contributed by atoms with Crippen molar-refractivity contribution >= 4 is 23.4 Å². The highest BCUT2D eigenvalue weighted by molar-refractivity contribution is 6.01. The normalized spacial score (nSPS) is 39.1. The zero-order valence-electron chi connectivity index (χ0n) is 23.4. The van der Waals surface area contributed by atoms with Crippen molar-refractivity contribution in [3.8, 4) is 0 Å². The molecule has 0 saturated heterocycles. The summed E-state index contributed by atoms with van der Waals surface area (Å²) in [6, 6.07) is 0. The molecule has 2 unspecified atom stereocenters. The van der Waals surface area contributed by atoms with Crippen LogP contribution in [-0.2, 0) is 28.8 Å². The van der Waals surface area contributed by atoms with Crippen LogP contribution in [0.5, 0.6) is 0 Å². The first-order valence-electron chi connectivity index (χ1n) is 13.9. The lowest BCUT2D eigenvalue weighted by atomic mass is 9.44. The van der Waals surface area contributed by atoms with Crippen molar-refractivity contribution in [3.05, 3.63) is 33.9 Å². The van der Waals surface area contributed by atoms with Gasteiger partial charge in [0.15, 0.2) is 18.1 Å². The Balaban J connectivity index is 1.42. The number of carbonyl (C=O) groups excluding carboxylic acids is 4. The van der Waals surface area contributed by atoms with Gasteiger partial charge in [-0.2, -0.15) is 0 Å². The molecule has 13 heteroatoms. The quantitative estimate of drug-likeness (QED) is 0.148. The minimum atomic E-state index is -2.10. The molecule has 41 heavy (non-hydrogen) atoms. The number of ketones is 2. The number of halogens is 1. The molecule has 0 aromatic rings. The summed E-state index contributed by atoms with van der Waals surface area (Å²) >= 11 is 0. The lowest BCUT2D eigenvalue weighted by Crippen LogP contribution is -2.69. The van der Waals surface area contributed by atoms with Crippen LogP contribution in [0.2, 0.25) is 0 Å². The molecular weight excluding hydrogens is 543 g/mol. The summed E-state index contributed by atoms with van der Waals surface area (Å²) in [4.78, 5) is 63.7. The van der Waals surface area contributed by atoms with Crippen LogP contribution < -0.4 is 5.32 Å². The van der Waals surface area contributed by atoms with Crippen molar-refractivity contribution in [1.29, 1.82) is 0 Å². The Labute approximate surface area is 236 Å². The molecular formula is C28H37FN2O10. The minimum absolute atomic E-state index is 0.0587. The highest BCUT2D eigenvalue weighted by Crippen LogP contribution is 2.70. The van der Waals surface area contributed by atoms with E-state index in [0.717, 1.165) is 0 Å². The van der Waals surface area contributed by atoms with Crippen molar-refractivity contribution in [3.63, 3.8) is 0 Å². The largest absolute Gasteiger partial charge is 0.456 e.